The summed E-state index contributed by atoms with van der Waals surface area (Å²) < 4.78 is 40.4. The van der Waals surface area contributed by atoms with Gasteiger partial charge in [-0.05, 0) is 44.4 Å². The lowest BCUT2D eigenvalue weighted by atomic mass is 10.1. The van der Waals surface area contributed by atoms with Gasteiger partial charge >= 0.3 is 6.18 Å². The number of benzene rings is 1. The minimum Gasteiger partial charge on any atom is -0.342 e. The topological polar surface area (TPSA) is 30.9 Å². The first kappa shape index (κ1) is 14.9. The number of hydrogen-bond acceptors (Lipinski definition) is 1. The van der Waals surface area contributed by atoms with E-state index in [-0.39, 0.29) is 12.1 Å². The number of rotatable bonds is 3. The maximum absolute atomic E-state index is 12.8. The van der Waals surface area contributed by atoms with E-state index in [1.54, 1.807) is 0 Å². The van der Waals surface area contributed by atoms with Gasteiger partial charge in [-0.1, -0.05) is 6.07 Å². The van der Waals surface area contributed by atoms with E-state index in [4.69, 9.17) is 5.73 Å². The predicted octanol–water partition coefficient (Wildman–Crippen LogP) is 4.13. The predicted molar refractivity (Wildman–Crippen MR) is 74.7 cm³/mol. The molecule has 1 heterocycles. The second-order valence-corrected chi connectivity index (χ2v) is 5.55. The molecule has 1 aromatic carbocycles. The monoisotopic (exact) mass is 284 g/mol. The molecule has 1 aromatic heterocycles. The van der Waals surface area contributed by atoms with Crippen LogP contribution in [0.5, 0.6) is 0 Å². The van der Waals surface area contributed by atoms with Gasteiger partial charge in [0.25, 0.3) is 0 Å². The lowest BCUT2D eigenvalue weighted by molar-refractivity contribution is -0.137. The van der Waals surface area contributed by atoms with Gasteiger partial charge in [-0.3, -0.25) is 0 Å². The highest BCUT2D eigenvalue weighted by Crippen LogP contribution is 2.33. The summed E-state index contributed by atoms with van der Waals surface area (Å²) in [6, 6.07) is 5.87. The minimum atomic E-state index is -4.32. The Morgan fingerprint density at radius 2 is 1.80 bits per heavy atom. The van der Waals surface area contributed by atoms with Gasteiger partial charge in [0.2, 0.25) is 0 Å². The van der Waals surface area contributed by atoms with Gasteiger partial charge in [0, 0.05) is 29.7 Å². The van der Waals surface area contributed by atoms with Crippen LogP contribution in [-0.4, -0.2) is 10.6 Å². The van der Waals surface area contributed by atoms with E-state index < -0.39 is 11.7 Å². The zero-order valence-electron chi connectivity index (χ0n) is 11.8. The summed E-state index contributed by atoms with van der Waals surface area (Å²) in [5, 5.41) is 0.822. The van der Waals surface area contributed by atoms with Crippen molar-refractivity contribution >= 4 is 10.9 Å². The number of hydrogen-bond donors (Lipinski definition) is 1. The second-order valence-electron chi connectivity index (χ2n) is 5.55. The summed E-state index contributed by atoms with van der Waals surface area (Å²) in [5.74, 6) is 0. The maximum atomic E-state index is 12.8. The van der Waals surface area contributed by atoms with Crippen molar-refractivity contribution in [1.82, 2.24) is 4.57 Å². The molecule has 1 unspecified atom stereocenters. The van der Waals surface area contributed by atoms with Gasteiger partial charge in [-0.15, -0.1) is 0 Å². The SMILES string of the molecule is CC(N)Cc1cc2ccc(C(F)(F)F)cc2n1C(C)C. The molecule has 2 rings (SSSR count). The lowest BCUT2D eigenvalue weighted by Crippen LogP contribution is -2.20. The van der Waals surface area contributed by atoms with Crippen LogP contribution in [0.2, 0.25) is 0 Å². The molecule has 0 saturated carbocycles. The van der Waals surface area contributed by atoms with Crippen LogP contribution in [0.15, 0.2) is 24.3 Å². The van der Waals surface area contributed by atoms with Crippen molar-refractivity contribution in [3.8, 4) is 0 Å². The molecule has 0 aliphatic carbocycles. The highest BCUT2D eigenvalue weighted by atomic mass is 19.4. The summed E-state index contributed by atoms with van der Waals surface area (Å²) in [6.45, 7) is 5.82. The highest BCUT2D eigenvalue weighted by molar-refractivity contribution is 5.82. The third kappa shape index (κ3) is 2.82. The number of aromatic nitrogens is 1. The fourth-order valence-electron chi connectivity index (χ4n) is 2.55. The van der Waals surface area contributed by atoms with Crippen molar-refractivity contribution in [2.75, 3.05) is 0 Å². The Balaban J connectivity index is 2.64. The van der Waals surface area contributed by atoms with Gasteiger partial charge in [0.1, 0.15) is 0 Å². The number of fused-ring (bicyclic) bond motifs is 1. The van der Waals surface area contributed by atoms with Crippen LogP contribution in [0.3, 0.4) is 0 Å². The fourth-order valence-corrected chi connectivity index (χ4v) is 2.55. The van der Waals surface area contributed by atoms with Crippen LogP contribution < -0.4 is 5.73 Å². The molecule has 0 radical (unpaired) electrons. The van der Waals surface area contributed by atoms with Crippen molar-refractivity contribution in [3.05, 3.63) is 35.5 Å². The quantitative estimate of drug-likeness (QED) is 0.902. The molecule has 0 fully saturated rings. The molecule has 20 heavy (non-hydrogen) atoms. The Hall–Kier alpha value is -1.49. The van der Waals surface area contributed by atoms with Crippen molar-refractivity contribution in [1.29, 1.82) is 0 Å². The third-order valence-corrected chi connectivity index (χ3v) is 3.30. The zero-order valence-corrected chi connectivity index (χ0v) is 11.8. The molecule has 2 nitrogen and oxygen atoms in total. The first-order chi connectivity index (χ1) is 9.20. The molecule has 0 aliphatic rings. The molecule has 0 saturated heterocycles. The molecule has 2 N–H and O–H groups in total. The Morgan fingerprint density at radius 3 is 2.30 bits per heavy atom. The number of nitrogens with zero attached hydrogens (tertiary/aromatic N) is 1. The smallest absolute Gasteiger partial charge is 0.342 e. The lowest BCUT2D eigenvalue weighted by Gasteiger charge is -2.16. The molecular weight excluding hydrogens is 265 g/mol. The van der Waals surface area contributed by atoms with Gasteiger partial charge < -0.3 is 10.3 Å². The molecular formula is C15H19F3N2. The Labute approximate surface area is 116 Å². The number of alkyl halides is 3. The summed E-state index contributed by atoms with van der Waals surface area (Å²) in [6.07, 6.45) is -3.67. The number of halogens is 3. The molecule has 0 spiro atoms. The van der Waals surface area contributed by atoms with Crippen LogP contribution in [-0.2, 0) is 12.6 Å². The van der Waals surface area contributed by atoms with Gasteiger partial charge in [0.15, 0.2) is 0 Å². The van der Waals surface area contributed by atoms with E-state index in [9.17, 15) is 13.2 Å². The minimum absolute atomic E-state index is 0.0288. The standard InChI is InChI=1S/C15H19F3N2/c1-9(2)20-13(6-10(3)19)7-11-4-5-12(8-14(11)20)15(16,17)18/h4-5,7-10H,6,19H2,1-3H3. The molecule has 5 heteroatoms. The Morgan fingerprint density at radius 1 is 1.15 bits per heavy atom. The molecule has 2 aromatic rings. The van der Waals surface area contributed by atoms with Crippen molar-refractivity contribution in [2.24, 2.45) is 5.73 Å². The van der Waals surface area contributed by atoms with E-state index in [0.29, 0.717) is 11.9 Å². The summed E-state index contributed by atoms with van der Waals surface area (Å²) >= 11 is 0. The van der Waals surface area contributed by atoms with Crippen LogP contribution >= 0.6 is 0 Å². The highest BCUT2D eigenvalue weighted by Gasteiger charge is 2.31. The van der Waals surface area contributed by atoms with Crippen LogP contribution in [0, 0.1) is 0 Å². The molecule has 0 bridgehead atoms. The van der Waals surface area contributed by atoms with Gasteiger partial charge in [0.05, 0.1) is 5.56 Å². The first-order valence-electron chi connectivity index (χ1n) is 6.66. The maximum Gasteiger partial charge on any atom is 0.416 e. The molecule has 0 amide bonds. The zero-order chi connectivity index (χ0) is 15.1. The molecule has 0 aliphatic heterocycles. The average molecular weight is 284 g/mol. The summed E-state index contributed by atoms with van der Waals surface area (Å²) in [7, 11) is 0. The van der Waals surface area contributed by atoms with Crippen molar-refractivity contribution < 1.29 is 13.2 Å². The molecule has 110 valence electrons. The average Bonchev–Trinajstić information content (AvgIpc) is 2.63. The normalized spacial score (nSPS) is 14.2. The van der Waals surface area contributed by atoms with E-state index in [1.807, 2.05) is 31.4 Å². The first-order valence-corrected chi connectivity index (χ1v) is 6.66. The van der Waals surface area contributed by atoms with Gasteiger partial charge in [-0.25, -0.2) is 0 Å². The van der Waals surface area contributed by atoms with Crippen molar-refractivity contribution in [3.63, 3.8) is 0 Å². The molecule has 1 atom stereocenters. The second kappa shape index (κ2) is 5.13. The van der Waals surface area contributed by atoms with Crippen LogP contribution in [0.4, 0.5) is 13.2 Å². The fraction of sp³-hybridized carbons (Fsp3) is 0.467. The van der Waals surface area contributed by atoms with E-state index in [2.05, 4.69) is 0 Å². The Bertz CT molecular complexity index is 609. The van der Waals surface area contributed by atoms with E-state index in [0.717, 1.165) is 17.1 Å². The van der Waals surface area contributed by atoms with Crippen LogP contribution in [0.1, 0.15) is 38.1 Å². The van der Waals surface area contributed by atoms with E-state index in [1.165, 1.54) is 12.1 Å². The van der Waals surface area contributed by atoms with Crippen LogP contribution in [0.25, 0.3) is 10.9 Å². The summed E-state index contributed by atoms with van der Waals surface area (Å²) in [4.78, 5) is 0. The largest absolute Gasteiger partial charge is 0.416 e. The number of nitrogens with two attached hydrogens (primary N) is 1. The summed E-state index contributed by atoms with van der Waals surface area (Å²) in [5.41, 5.74) is 6.80. The van der Waals surface area contributed by atoms with Crippen molar-refractivity contribution in [2.45, 2.75) is 45.5 Å². The van der Waals surface area contributed by atoms with E-state index >= 15 is 0 Å². The third-order valence-electron chi connectivity index (χ3n) is 3.30. The Kier molecular flexibility index (Phi) is 3.82. The van der Waals surface area contributed by atoms with Gasteiger partial charge in [-0.2, -0.15) is 13.2 Å².